The average Bonchev–Trinajstić information content (AvgIpc) is 2.58. The highest BCUT2D eigenvalue weighted by atomic mass is 35.5. The third-order valence-corrected chi connectivity index (χ3v) is 3.89. The lowest BCUT2D eigenvalue weighted by atomic mass is 10.1. The van der Waals surface area contributed by atoms with E-state index in [9.17, 15) is 9.59 Å². The molecular formula is C18H26ClNO4. The molecule has 1 amide bonds. The van der Waals surface area contributed by atoms with Gasteiger partial charge < -0.3 is 14.4 Å². The molecule has 1 rings (SSSR count). The number of carbonyl (C=O) groups is 2. The predicted molar refractivity (Wildman–Crippen MR) is 94.0 cm³/mol. The van der Waals surface area contributed by atoms with Crippen molar-refractivity contribution in [3.8, 4) is 0 Å². The van der Waals surface area contributed by atoms with E-state index in [2.05, 4.69) is 0 Å². The molecule has 1 aromatic rings. The summed E-state index contributed by atoms with van der Waals surface area (Å²) in [6.45, 7) is 5.82. The Labute approximate surface area is 148 Å². The van der Waals surface area contributed by atoms with Crippen molar-refractivity contribution in [1.29, 1.82) is 0 Å². The van der Waals surface area contributed by atoms with Gasteiger partial charge in [0.05, 0.1) is 19.4 Å². The van der Waals surface area contributed by atoms with Gasteiger partial charge in [-0.05, 0) is 31.0 Å². The Morgan fingerprint density at radius 3 is 2.50 bits per heavy atom. The van der Waals surface area contributed by atoms with Crippen LogP contribution in [0.3, 0.4) is 0 Å². The van der Waals surface area contributed by atoms with Gasteiger partial charge >= 0.3 is 5.97 Å². The Morgan fingerprint density at radius 1 is 1.25 bits per heavy atom. The lowest BCUT2D eigenvalue weighted by molar-refractivity contribution is -0.146. The number of nitrogens with zero attached hydrogens (tertiary/aromatic N) is 1. The molecule has 0 heterocycles. The van der Waals surface area contributed by atoms with E-state index >= 15 is 0 Å². The number of esters is 1. The van der Waals surface area contributed by atoms with Crippen LogP contribution in [0.4, 0.5) is 0 Å². The Morgan fingerprint density at radius 2 is 1.92 bits per heavy atom. The Bertz CT molecular complexity index is 518. The molecule has 0 saturated heterocycles. The number of methoxy groups -OCH3 is 1. The zero-order valence-electron chi connectivity index (χ0n) is 14.6. The van der Waals surface area contributed by atoms with Gasteiger partial charge in [0.1, 0.15) is 0 Å². The van der Waals surface area contributed by atoms with Crippen molar-refractivity contribution in [3.05, 3.63) is 34.9 Å². The summed E-state index contributed by atoms with van der Waals surface area (Å²) in [7, 11) is 1.35. The third-order valence-electron chi connectivity index (χ3n) is 3.64. The van der Waals surface area contributed by atoms with E-state index in [-0.39, 0.29) is 24.2 Å². The number of hydrogen-bond acceptors (Lipinski definition) is 4. The summed E-state index contributed by atoms with van der Waals surface area (Å²) in [5.74, 6) is -0.704. The minimum Gasteiger partial charge on any atom is -0.469 e. The van der Waals surface area contributed by atoms with Crippen LogP contribution in [0.15, 0.2) is 24.3 Å². The van der Waals surface area contributed by atoms with Crippen molar-refractivity contribution in [2.45, 2.75) is 26.7 Å². The second-order valence-electron chi connectivity index (χ2n) is 5.62. The molecule has 134 valence electrons. The number of ether oxygens (including phenoxy) is 2. The number of hydrogen-bond donors (Lipinski definition) is 0. The number of carbonyl (C=O) groups excluding carboxylic acids is 2. The molecule has 0 fully saturated rings. The molecular weight excluding hydrogens is 330 g/mol. The molecule has 0 spiro atoms. The Hall–Kier alpha value is -1.59. The highest BCUT2D eigenvalue weighted by molar-refractivity contribution is 6.30. The van der Waals surface area contributed by atoms with Gasteiger partial charge in [0, 0.05) is 31.3 Å². The van der Waals surface area contributed by atoms with Gasteiger partial charge in [-0.15, -0.1) is 0 Å². The standard InChI is InChI=1S/C18H26ClNO4/c1-4-24-11-5-10-20(13-14(2)18(22)23-3)17(21)12-15-6-8-16(19)9-7-15/h6-9,14H,4-5,10-13H2,1-3H3. The van der Waals surface area contributed by atoms with Crippen LogP contribution >= 0.6 is 11.6 Å². The number of rotatable bonds is 10. The van der Waals surface area contributed by atoms with Crippen molar-refractivity contribution in [2.75, 3.05) is 33.4 Å². The molecule has 6 heteroatoms. The van der Waals surface area contributed by atoms with Gasteiger partial charge in [0.15, 0.2) is 0 Å². The smallest absolute Gasteiger partial charge is 0.310 e. The van der Waals surface area contributed by atoms with E-state index in [0.717, 1.165) is 12.0 Å². The number of benzene rings is 1. The van der Waals surface area contributed by atoms with Crippen LogP contribution in [0.5, 0.6) is 0 Å². The SMILES string of the molecule is CCOCCCN(CC(C)C(=O)OC)C(=O)Cc1ccc(Cl)cc1. The molecule has 5 nitrogen and oxygen atoms in total. The van der Waals surface area contributed by atoms with E-state index in [4.69, 9.17) is 21.1 Å². The molecule has 0 radical (unpaired) electrons. The van der Waals surface area contributed by atoms with E-state index < -0.39 is 0 Å². The van der Waals surface area contributed by atoms with Gasteiger partial charge in [0.2, 0.25) is 5.91 Å². The molecule has 1 atom stereocenters. The summed E-state index contributed by atoms with van der Waals surface area (Å²) in [6, 6.07) is 7.20. The monoisotopic (exact) mass is 355 g/mol. The molecule has 1 unspecified atom stereocenters. The fraction of sp³-hybridized carbons (Fsp3) is 0.556. The van der Waals surface area contributed by atoms with Gasteiger partial charge in [-0.1, -0.05) is 30.7 Å². The topological polar surface area (TPSA) is 55.8 Å². The molecule has 0 N–H and O–H groups in total. The first-order chi connectivity index (χ1) is 11.5. The summed E-state index contributed by atoms with van der Waals surface area (Å²) >= 11 is 5.87. The fourth-order valence-electron chi connectivity index (χ4n) is 2.31. The van der Waals surface area contributed by atoms with E-state index in [1.165, 1.54) is 7.11 Å². The van der Waals surface area contributed by atoms with Crippen molar-refractivity contribution in [2.24, 2.45) is 5.92 Å². The summed E-state index contributed by atoms with van der Waals surface area (Å²) in [5.41, 5.74) is 0.893. The van der Waals surface area contributed by atoms with Crippen molar-refractivity contribution < 1.29 is 19.1 Å². The second kappa shape index (κ2) is 11.0. The molecule has 1 aromatic carbocycles. The summed E-state index contributed by atoms with van der Waals surface area (Å²) in [5, 5.41) is 0.638. The van der Waals surface area contributed by atoms with Crippen LogP contribution in [-0.2, 0) is 25.5 Å². The van der Waals surface area contributed by atoms with Crippen LogP contribution in [0.1, 0.15) is 25.8 Å². The molecule has 24 heavy (non-hydrogen) atoms. The lowest BCUT2D eigenvalue weighted by Gasteiger charge is -2.25. The molecule has 0 aliphatic carbocycles. The zero-order chi connectivity index (χ0) is 17.9. The largest absolute Gasteiger partial charge is 0.469 e. The van der Waals surface area contributed by atoms with Crippen LogP contribution in [0.2, 0.25) is 5.02 Å². The quantitative estimate of drug-likeness (QED) is 0.478. The Balaban J connectivity index is 2.68. The fourth-order valence-corrected chi connectivity index (χ4v) is 2.44. The summed E-state index contributed by atoms with van der Waals surface area (Å²) in [6.07, 6.45) is 1.01. The maximum atomic E-state index is 12.6. The van der Waals surface area contributed by atoms with Crippen LogP contribution in [-0.4, -0.2) is 50.2 Å². The van der Waals surface area contributed by atoms with Gasteiger partial charge in [-0.25, -0.2) is 0 Å². The van der Waals surface area contributed by atoms with E-state index in [1.807, 2.05) is 19.1 Å². The first kappa shape index (κ1) is 20.5. The zero-order valence-corrected chi connectivity index (χ0v) is 15.3. The average molecular weight is 356 g/mol. The van der Waals surface area contributed by atoms with E-state index in [1.54, 1.807) is 24.0 Å². The van der Waals surface area contributed by atoms with Crippen molar-refractivity contribution in [1.82, 2.24) is 4.90 Å². The van der Waals surface area contributed by atoms with E-state index in [0.29, 0.717) is 31.3 Å². The van der Waals surface area contributed by atoms with Gasteiger partial charge in [0.25, 0.3) is 0 Å². The highest BCUT2D eigenvalue weighted by Crippen LogP contribution is 2.12. The van der Waals surface area contributed by atoms with Gasteiger partial charge in [-0.3, -0.25) is 9.59 Å². The minimum absolute atomic E-state index is 0.0235. The molecule has 0 bridgehead atoms. The second-order valence-corrected chi connectivity index (χ2v) is 6.05. The lowest BCUT2D eigenvalue weighted by Crippen LogP contribution is -2.39. The van der Waals surface area contributed by atoms with Crippen LogP contribution in [0, 0.1) is 5.92 Å². The first-order valence-electron chi connectivity index (χ1n) is 8.15. The first-order valence-corrected chi connectivity index (χ1v) is 8.53. The van der Waals surface area contributed by atoms with Crippen molar-refractivity contribution in [3.63, 3.8) is 0 Å². The maximum absolute atomic E-state index is 12.6. The highest BCUT2D eigenvalue weighted by Gasteiger charge is 2.21. The third kappa shape index (κ3) is 7.32. The number of amides is 1. The molecule has 0 aromatic heterocycles. The molecule has 0 saturated carbocycles. The minimum atomic E-state index is -0.365. The predicted octanol–water partition coefficient (Wildman–Crippen LogP) is 2.95. The normalized spacial score (nSPS) is 11.8. The molecule has 0 aliphatic heterocycles. The summed E-state index contributed by atoms with van der Waals surface area (Å²) < 4.78 is 10.1. The molecule has 0 aliphatic rings. The van der Waals surface area contributed by atoms with Crippen LogP contribution < -0.4 is 0 Å². The Kier molecular flexibility index (Phi) is 9.42. The van der Waals surface area contributed by atoms with Gasteiger partial charge in [-0.2, -0.15) is 0 Å². The number of halogens is 1. The summed E-state index contributed by atoms with van der Waals surface area (Å²) in [4.78, 5) is 26.0. The van der Waals surface area contributed by atoms with Crippen LogP contribution in [0.25, 0.3) is 0 Å². The van der Waals surface area contributed by atoms with Crippen molar-refractivity contribution >= 4 is 23.5 Å². The maximum Gasteiger partial charge on any atom is 0.310 e.